The van der Waals surface area contributed by atoms with E-state index in [0.717, 1.165) is 16.0 Å². The van der Waals surface area contributed by atoms with Crippen molar-refractivity contribution in [3.63, 3.8) is 0 Å². The van der Waals surface area contributed by atoms with E-state index < -0.39 is 0 Å². The Morgan fingerprint density at radius 2 is 1.25 bits per heavy atom. The third-order valence-corrected chi connectivity index (χ3v) is 4.95. The van der Waals surface area contributed by atoms with Gasteiger partial charge in [-0.05, 0) is 24.3 Å². The number of amides is 3. The number of imide groups is 1. The van der Waals surface area contributed by atoms with Crippen molar-refractivity contribution in [3.8, 4) is 11.5 Å². The van der Waals surface area contributed by atoms with Gasteiger partial charge < -0.3 is 9.64 Å². The second-order valence-corrected chi connectivity index (χ2v) is 6.70. The van der Waals surface area contributed by atoms with Crippen molar-refractivity contribution in [2.75, 3.05) is 14.1 Å². The van der Waals surface area contributed by atoms with E-state index in [1.165, 1.54) is 7.05 Å². The Labute approximate surface area is 163 Å². The van der Waals surface area contributed by atoms with Gasteiger partial charge in [-0.25, -0.2) is 4.79 Å². The van der Waals surface area contributed by atoms with Gasteiger partial charge in [0, 0.05) is 30.8 Å². The van der Waals surface area contributed by atoms with Gasteiger partial charge >= 0.3 is 6.03 Å². The number of hydrogen-bond acceptors (Lipinski definition) is 3. The summed E-state index contributed by atoms with van der Waals surface area (Å²) in [5.41, 5.74) is 2.25. The van der Waals surface area contributed by atoms with Crippen molar-refractivity contribution in [3.05, 3.63) is 95.6 Å². The summed E-state index contributed by atoms with van der Waals surface area (Å²) in [4.78, 5) is 28.6. The van der Waals surface area contributed by atoms with Gasteiger partial charge in [0.15, 0.2) is 0 Å². The molecule has 0 fully saturated rings. The number of fused-ring (bicyclic) bond motifs is 2. The molecule has 4 rings (SSSR count). The molecule has 0 radical (unpaired) electrons. The first-order chi connectivity index (χ1) is 13.6. The fourth-order valence-electron chi connectivity index (χ4n) is 3.51. The second kappa shape index (κ2) is 7.19. The van der Waals surface area contributed by atoms with E-state index >= 15 is 0 Å². The summed E-state index contributed by atoms with van der Waals surface area (Å²) in [6, 6.07) is 23.3. The number of carbonyl (C=O) groups is 2. The van der Waals surface area contributed by atoms with Crippen molar-refractivity contribution in [2.45, 2.75) is 6.04 Å². The minimum Gasteiger partial charge on any atom is -0.457 e. The number of nitrogens with zero attached hydrogens (tertiary/aromatic N) is 2. The lowest BCUT2D eigenvalue weighted by molar-refractivity contribution is 0.0793. The predicted octanol–water partition coefficient (Wildman–Crippen LogP) is 4.71. The number of ether oxygens (including phenoxy) is 1. The third kappa shape index (κ3) is 3.01. The molecule has 1 heterocycles. The molecule has 0 saturated carbocycles. The van der Waals surface area contributed by atoms with Crippen LogP contribution in [0.15, 0.2) is 78.9 Å². The molecule has 3 aromatic carbocycles. The zero-order chi connectivity index (χ0) is 19.7. The molecule has 0 atom stereocenters. The lowest BCUT2D eigenvalue weighted by Crippen LogP contribution is -2.44. The molecular formula is C23H20N2O3. The van der Waals surface area contributed by atoms with Crippen molar-refractivity contribution in [1.29, 1.82) is 0 Å². The lowest BCUT2D eigenvalue weighted by Gasteiger charge is -2.36. The number of benzene rings is 3. The van der Waals surface area contributed by atoms with Gasteiger partial charge in [0.1, 0.15) is 11.5 Å². The molecule has 0 spiro atoms. The number of hydrogen-bond donors (Lipinski definition) is 0. The maximum atomic E-state index is 13.2. The van der Waals surface area contributed by atoms with E-state index in [9.17, 15) is 9.59 Å². The molecule has 3 aromatic rings. The quantitative estimate of drug-likeness (QED) is 0.655. The van der Waals surface area contributed by atoms with Crippen LogP contribution in [0.1, 0.15) is 27.5 Å². The molecule has 0 N–H and O–H groups in total. The van der Waals surface area contributed by atoms with Gasteiger partial charge in [0.05, 0.1) is 6.04 Å². The molecule has 5 nitrogen and oxygen atoms in total. The fourth-order valence-corrected chi connectivity index (χ4v) is 3.51. The van der Waals surface area contributed by atoms with Crippen molar-refractivity contribution < 1.29 is 14.3 Å². The molecule has 28 heavy (non-hydrogen) atoms. The highest BCUT2D eigenvalue weighted by Crippen LogP contribution is 2.45. The summed E-state index contributed by atoms with van der Waals surface area (Å²) in [5.74, 6) is 1.08. The molecule has 0 bridgehead atoms. The Morgan fingerprint density at radius 1 is 0.750 bits per heavy atom. The maximum Gasteiger partial charge on any atom is 0.327 e. The van der Waals surface area contributed by atoms with Crippen LogP contribution >= 0.6 is 0 Å². The zero-order valence-corrected chi connectivity index (χ0v) is 15.7. The van der Waals surface area contributed by atoms with Crippen LogP contribution in [0.25, 0.3) is 0 Å². The minimum atomic E-state index is -0.384. The number of urea groups is 1. The third-order valence-electron chi connectivity index (χ3n) is 4.95. The van der Waals surface area contributed by atoms with Gasteiger partial charge in [-0.15, -0.1) is 0 Å². The van der Waals surface area contributed by atoms with E-state index in [0.29, 0.717) is 17.1 Å². The van der Waals surface area contributed by atoms with E-state index in [-0.39, 0.29) is 18.0 Å². The van der Waals surface area contributed by atoms with Crippen LogP contribution in [0.2, 0.25) is 0 Å². The Kier molecular flexibility index (Phi) is 4.57. The second-order valence-electron chi connectivity index (χ2n) is 6.70. The minimum absolute atomic E-state index is 0.342. The molecule has 5 heteroatoms. The maximum absolute atomic E-state index is 13.2. The number of carbonyl (C=O) groups excluding carboxylic acids is 2. The highest BCUT2D eigenvalue weighted by molar-refractivity contribution is 6.04. The molecular weight excluding hydrogens is 352 g/mol. The monoisotopic (exact) mass is 372 g/mol. The molecule has 0 saturated heterocycles. The van der Waals surface area contributed by atoms with E-state index in [1.807, 2.05) is 54.6 Å². The highest BCUT2D eigenvalue weighted by Gasteiger charge is 2.34. The Morgan fingerprint density at radius 3 is 1.82 bits per heavy atom. The summed E-state index contributed by atoms with van der Waals surface area (Å²) in [6.07, 6.45) is 0. The summed E-state index contributed by atoms with van der Waals surface area (Å²) < 4.78 is 6.00. The van der Waals surface area contributed by atoms with Gasteiger partial charge in [0.2, 0.25) is 0 Å². The Balaban J connectivity index is 1.69. The molecule has 0 aliphatic carbocycles. The largest absolute Gasteiger partial charge is 0.457 e. The van der Waals surface area contributed by atoms with Crippen LogP contribution in [-0.2, 0) is 0 Å². The normalized spacial score (nSPS) is 12.4. The van der Waals surface area contributed by atoms with Gasteiger partial charge in [-0.3, -0.25) is 9.69 Å². The van der Waals surface area contributed by atoms with Gasteiger partial charge in [-0.2, -0.15) is 0 Å². The van der Waals surface area contributed by atoms with Crippen molar-refractivity contribution in [2.24, 2.45) is 0 Å². The molecule has 1 aliphatic rings. The molecule has 1 aliphatic heterocycles. The predicted molar refractivity (Wildman–Crippen MR) is 106 cm³/mol. The molecule has 3 amide bonds. The van der Waals surface area contributed by atoms with E-state index in [1.54, 1.807) is 36.2 Å². The first kappa shape index (κ1) is 17.8. The smallest absolute Gasteiger partial charge is 0.327 e. The average molecular weight is 372 g/mol. The summed E-state index contributed by atoms with van der Waals surface area (Å²) in [5, 5.41) is 0. The van der Waals surface area contributed by atoms with Gasteiger partial charge in [-0.1, -0.05) is 54.6 Å². The van der Waals surface area contributed by atoms with Crippen LogP contribution < -0.4 is 4.74 Å². The standard InChI is InChI=1S/C23H20N2O3/c1-24(23(27)25(2)22(26)16-10-4-3-5-11-16)21-17-12-6-8-14-19(17)28-20-15-9-7-13-18(20)21/h3-15,21H,1-2H3. The van der Waals surface area contributed by atoms with E-state index in [4.69, 9.17) is 4.74 Å². The van der Waals surface area contributed by atoms with Crippen LogP contribution in [0.3, 0.4) is 0 Å². The summed E-state index contributed by atoms with van der Waals surface area (Å²) in [7, 11) is 3.21. The lowest BCUT2D eigenvalue weighted by atomic mass is 9.93. The molecule has 0 aromatic heterocycles. The van der Waals surface area contributed by atoms with Crippen molar-refractivity contribution in [1.82, 2.24) is 9.80 Å². The Bertz CT molecular complexity index is 987. The molecule has 0 unspecified atom stereocenters. The highest BCUT2D eigenvalue weighted by atomic mass is 16.5. The van der Waals surface area contributed by atoms with E-state index in [2.05, 4.69) is 0 Å². The first-order valence-corrected chi connectivity index (χ1v) is 9.03. The molecule has 140 valence electrons. The first-order valence-electron chi connectivity index (χ1n) is 9.03. The summed E-state index contributed by atoms with van der Waals surface area (Å²) in [6.45, 7) is 0. The number of para-hydroxylation sites is 2. The zero-order valence-electron chi connectivity index (χ0n) is 15.7. The van der Waals surface area contributed by atoms with Gasteiger partial charge in [0.25, 0.3) is 5.91 Å². The average Bonchev–Trinajstić information content (AvgIpc) is 2.76. The van der Waals surface area contributed by atoms with Crippen LogP contribution in [0.4, 0.5) is 4.79 Å². The topological polar surface area (TPSA) is 49.9 Å². The van der Waals surface area contributed by atoms with Crippen molar-refractivity contribution >= 4 is 11.9 Å². The fraction of sp³-hybridized carbons (Fsp3) is 0.130. The van der Waals surface area contributed by atoms with Crippen LogP contribution in [0, 0.1) is 0 Å². The summed E-state index contributed by atoms with van der Waals surface area (Å²) >= 11 is 0. The SMILES string of the molecule is CN(C(=O)c1ccccc1)C(=O)N(C)C1c2ccccc2Oc2ccccc21. The van der Waals surface area contributed by atoms with Crippen LogP contribution in [-0.4, -0.2) is 35.8 Å². The Hall–Kier alpha value is -3.60. The number of rotatable bonds is 2. The van der Waals surface area contributed by atoms with Crippen LogP contribution in [0.5, 0.6) is 11.5 Å².